The summed E-state index contributed by atoms with van der Waals surface area (Å²) in [6.45, 7) is 3.83. The molecule has 0 bridgehead atoms. The van der Waals surface area contributed by atoms with Gasteiger partial charge in [-0.1, -0.05) is 18.2 Å². The van der Waals surface area contributed by atoms with Crippen LogP contribution < -0.4 is 10.1 Å². The van der Waals surface area contributed by atoms with Crippen LogP contribution in [0.5, 0.6) is 5.75 Å². The summed E-state index contributed by atoms with van der Waals surface area (Å²) < 4.78 is 5.87. The Morgan fingerprint density at radius 3 is 2.92 bits per heavy atom. The highest BCUT2D eigenvalue weighted by molar-refractivity contribution is 5.51. The second kappa shape index (κ2) is 7.37. The molecular formula is C19H24N4O2. The molecule has 2 aromatic rings. The van der Waals surface area contributed by atoms with Crippen LogP contribution in [0, 0.1) is 0 Å². The number of aromatic nitrogens is 2. The molecule has 0 aliphatic carbocycles. The number of benzene rings is 1. The van der Waals surface area contributed by atoms with Crippen LogP contribution in [-0.2, 0) is 13.0 Å². The molecule has 1 atom stereocenters. The summed E-state index contributed by atoms with van der Waals surface area (Å²) in [6.07, 6.45) is 4.36. The second-order valence-electron chi connectivity index (χ2n) is 6.76. The normalized spacial score (nSPS) is 18.0. The molecular weight excluding hydrogens is 316 g/mol. The molecule has 0 radical (unpaired) electrons. The third-order valence-electron chi connectivity index (χ3n) is 4.91. The van der Waals surface area contributed by atoms with Gasteiger partial charge in [-0.15, -0.1) is 0 Å². The SMILES string of the molecule is OC(CNc1ncnc2c1Cc1ccccc1OC2)CN1CCCC1. The lowest BCUT2D eigenvalue weighted by atomic mass is 10.0. The van der Waals surface area contributed by atoms with E-state index in [2.05, 4.69) is 26.3 Å². The van der Waals surface area contributed by atoms with Gasteiger partial charge in [0.15, 0.2) is 0 Å². The Hall–Kier alpha value is -2.18. The molecule has 2 aliphatic rings. The predicted octanol–water partition coefficient (Wildman–Crippen LogP) is 1.83. The molecule has 4 rings (SSSR count). The van der Waals surface area contributed by atoms with Crippen LogP contribution in [0.15, 0.2) is 30.6 Å². The third-order valence-corrected chi connectivity index (χ3v) is 4.91. The van der Waals surface area contributed by atoms with E-state index >= 15 is 0 Å². The highest BCUT2D eigenvalue weighted by Gasteiger charge is 2.20. The summed E-state index contributed by atoms with van der Waals surface area (Å²) in [7, 11) is 0. The number of β-amino-alcohol motifs (C(OH)–C–C–N with tert-alkyl or cyclic N) is 1. The smallest absolute Gasteiger partial charge is 0.133 e. The van der Waals surface area contributed by atoms with Gasteiger partial charge in [-0.25, -0.2) is 9.97 Å². The minimum atomic E-state index is -0.405. The van der Waals surface area contributed by atoms with E-state index in [1.807, 2.05) is 18.2 Å². The largest absolute Gasteiger partial charge is 0.487 e. The number of aliphatic hydroxyl groups excluding tert-OH is 1. The van der Waals surface area contributed by atoms with E-state index in [9.17, 15) is 5.11 Å². The molecule has 0 saturated carbocycles. The van der Waals surface area contributed by atoms with Crippen molar-refractivity contribution < 1.29 is 9.84 Å². The molecule has 0 spiro atoms. The summed E-state index contributed by atoms with van der Waals surface area (Å²) in [5.74, 6) is 1.70. The fraction of sp³-hybridized carbons (Fsp3) is 0.474. The van der Waals surface area contributed by atoms with Crippen molar-refractivity contribution in [2.45, 2.75) is 32.0 Å². The standard InChI is InChI=1S/C19H24N4O2/c24-15(11-23-7-3-4-8-23)10-20-19-16-9-14-5-1-2-6-18(14)25-12-17(16)21-13-22-19/h1-2,5-6,13,15,24H,3-4,7-12H2,(H,20,21,22). The van der Waals surface area contributed by atoms with E-state index < -0.39 is 6.10 Å². The minimum absolute atomic E-state index is 0.405. The van der Waals surface area contributed by atoms with Gasteiger partial charge in [0.2, 0.25) is 0 Å². The number of hydrogen-bond donors (Lipinski definition) is 2. The number of nitrogens with zero attached hydrogens (tertiary/aromatic N) is 3. The lowest BCUT2D eigenvalue weighted by Crippen LogP contribution is -2.34. The molecule has 1 aromatic carbocycles. The molecule has 6 nitrogen and oxygen atoms in total. The minimum Gasteiger partial charge on any atom is -0.487 e. The number of hydrogen-bond acceptors (Lipinski definition) is 6. The van der Waals surface area contributed by atoms with Crippen molar-refractivity contribution >= 4 is 5.82 Å². The number of aliphatic hydroxyl groups is 1. The van der Waals surface area contributed by atoms with Crippen molar-refractivity contribution in [3.63, 3.8) is 0 Å². The highest BCUT2D eigenvalue weighted by Crippen LogP contribution is 2.30. The van der Waals surface area contributed by atoms with E-state index in [1.165, 1.54) is 12.8 Å². The average molecular weight is 340 g/mol. The first-order valence-electron chi connectivity index (χ1n) is 8.97. The van der Waals surface area contributed by atoms with Gasteiger partial charge in [-0.05, 0) is 37.6 Å². The molecule has 2 N–H and O–H groups in total. The number of fused-ring (bicyclic) bond motifs is 2. The van der Waals surface area contributed by atoms with Crippen molar-refractivity contribution in [1.29, 1.82) is 0 Å². The number of nitrogens with one attached hydrogen (secondary N) is 1. The fourth-order valence-electron chi connectivity index (χ4n) is 3.58. The van der Waals surface area contributed by atoms with Crippen LogP contribution in [0.4, 0.5) is 5.82 Å². The second-order valence-corrected chi connectivity index (χ2v) is 6.76. The van der Waals surface area contributed by atoms with Crippen LogP contribution in [0.3, 0.4) is 0 Å². The van der Waals surface area contributed by atoms with Gasteiger partial charge >= 0.3 is 0 Å². The van der Waals surface area contributed by atoms with E-state index in [-0.39, 0.29) is 0 Å². The zero-order valence-corrected chi connectivity index (χ0v) is 14.3. The molecule has 1 fully saturated rings. The Bertz CT molecular complexity index is 731. The molecule has 1 unspecified atom stereocenters. The lowest BCUT2D eigenvalue weighted by molar-refractivity contribution is 0.135. The van der Waals surface area contributed by atoms with Crippen LogP contribution in [0.2, 0.25) is 0 Å². The molecule has 3 heterocycles. The van der Waals surface area contributed by atoms with Gasteiger partial charge in [-0.3, -0.25) is 0 Å². The van der Waals surface area contributed by atoms with Gasteiger partial charge in [0, 0.05) is 25.1 Å². The van der Waals surface area contributed by atoms with Gasteiger partial charge in [0.25, 0.3) is 0 Å². The van der Waals surface area contributed by atoms with Crippen molar-refractivity contribution in [2.75, 3.05) is 31.5 Å². The molecule has 25 heavy (non-hydrogen) atoms. The maximum Gasteiger partial charge on any atom is 0.133 e. The monoisotopic (exact) mass is 340 g/mol. The average Bonchev–Trinajstić information content (AvgIpc) is 3.05. The molecule has 2 aliphatic heterocycles. The van der Waals surface area contributed by atoms with Gasteiger partial charge in [-0.2, -0.15) is 0 Å². The Morgan fingerprint density at radius 1 is 1.20 bits per heavy atom. The van der Waals surface area contributed by atoms with Crippen molar-refractivity contribution in [3.8, 4) is 5.75 Å². The van der Waals surface area contributed by atoms with E-state index in [0.29, 0.717) is 19.7 Å². The van der Waals surface area contributed by atoms with Crippen LogP contribution >= 0.6 is 0 Å². The summed E-state index contributed by atoms with van der Waals surface area (Å²) in [4.78, 5) is 11.1. The Balaban J connectivity index is 1.46. The first-order chi connectivity index (χ1) is 12.3. The summed E-state index contributed by atoms with van der Waals surface area (Å²) in [6, 6.07) is 8.06. The number of para-hydroxylation sites is 1. The summed E-state index contributed by atoms with van der Waals surface area (Å²) in [5, 5.41) is 13.6. The number of rotatable bonds is 5. The van der Waals surface area contributed by atoms with Crippen LogP contribution in [0.1, 0.15) is 29.7 Å². The lowest BCUT2D eigenvalue weighted by Gasteiger charge is -2.20. The van der Waals surface area contributed by atoms with E-state index in [0.717, 1.165) is 47.9 Å². The van der Waals surface area contributed by atoms with Crippen molar-refractivity contribution in [2.24, 2.45) is 0 Å². The molecule has 1 saturated heterocycles. The van der Waals surface area contributed by atoms with Gasteiger partial charge < -0.3 is 20.1 Å². The Morgan fingerprint density at radius 2 is 2.04 bits per heavy atom. The molecule has 0 amide bonds. The third kappa shape index (κ3) is 3.75. The topological polar surface area (TPSA) is 70.5 Å². The quantitative estimate of drug-likeness (QED) is 0.865. The van der Waals surface area contributed by atoms with Gasteiger partial charge in [0.1, 0.15) is 24.5 Å². The maximum atomic E-state index is 10.3. The first kappa shape index (κ1) is 16.3. The molecule has 1 aromatic heterocycles. The molecule has 6 heteroatoms. The van der Waals surface area contributed by atoms with Crippen LogP contribution in [-0.4, -0.2) is 52.3 Å². The summed E-state index contributed by atoms with van der Waals surface area (Å²) in [5.41, 5.74) is 3.10. The Labute approximate surface area is 147 Å². The highest BCUT2D eigenvalue weighted by atomic mass is 16.5. The fourth-order valence-corrected chi connectivity index (χ4v) is 3.58. The van der Waals surface area contributed by atoms with E-state index in [1.54, 1.807) is 6.33 Å². The number of ether oxygens (including phenoxy) is 1. The number of likely N-dealkylation sites (tertiary alicyclic amines) is 1. The van der Waals surface area contributed by atoms with Gasteiger partial charge in [0.05, 0.1) is 11.8 Å². The zero-order chi connectivity index (χ0) is 17.1. The first-order valence-corrected chi connectivity index (χ1v) is 8.97. The van der Waals surface area contributed by atoms with Crippen molar-refractivity contribution in [1.82, 2.24) is 14.9 Å². The van der Waals surface area contributed by atoms with Crippen LogP contribution in [0.25, 0.3) is 0 Å². The Kier molecular flexibility index (Phi) is 4.81. The number of anilines is 1. The predicted molar refractivity (Wildman–Crippen MR) is 95.8 cm³/mol. The zero-order valence-electron chi connectivity index (χ0n) is 14.3. The van der Waals surface area contributed by atoms with Crippen molar-refractivity contribution in [3.05, 3.63) is 47.4 Å². The summed E-state index contributed by atoms with van der Waals surface area (Å²) >= 11 is 0. The molecule has 132 valence electrons. The maximum absolute atomic E-state index is 10.3. The van der Waals surface area contributed by atoms with E-state index in [4.69, 9.17) is 4.74 Å².